The Hall–Kier alpha value is -2.86. The van der Waals surface area contributed by atoms with E-state index in [1.54, 1.807) is 31.2 Å². The van der Waals surface area contributed by atoms with Crippen LogP contribution in [0.4, 0.5) is 10.5 Å². The van der Waals surface area contributed by atoms with Gasteiger partial charge < -0.3 is 21.1 Å². The van der Waals surface area contributed by atoms with E-state index in [1.807, 2.05) is 37.3 Å². The molecule has 0 heterocycles. The summed E-state index contributed by atoms with van der Waals surface area (Å²) in [6, 6.07) is 15.4. The second-order valence-corrected chi connectivity index (χ2v) is 5.87. The summed E-state index contributed by atoms with van der Waals surface area (Å²) >= 11 is 0. The quantitative estimate of drug-likeness (QED) is 0.650. The van der Waals surface area contributed by atoms with E-state index in [9.17, 15) is 14.7 Å². The zero-order valence-electron chi connectivity index (χ0n) is 14.4. The summed E-state index contributed by atoms with van der Waals surface area (Å²) in [4.78, 5) is 24.0. The summed E-state index contributed by atoms with van der Waals surface area (Å²) < 4.78 is 0. The number of carbonyl (C=O) groups is 2. The van der Waals surface area contributed by atoms with Crippen molar-refractivity contribution in [1.82, 2.24) is 10.6 Å². The molecule has 0 aliphatic rings. The van der Waals surface area contributed by atoms with Gasteiger partial charge in [0, 0.05) is 17.8 Å². The van der Waals surface area contributed by atoms with Crippen LogP contribution in [0.25, 0.3) is 0 Å². The number of aliphatic hydroxyl groups excluding tert-OH is 1. The van der Waals surface area contributed by atoms with Crippen molar-refractivity contribution in [3.63, 3.8) is 0 Å². The molecule has 0 aliphatic carbocycles. The Labute approximate surface area is 147 Å². The molecule has 2 aromatic rings. The van der Waals surface area contributed by atoms with E-state index in [0.717, 1.165) is 5.56 Å². The molecule has 0 unspecified atom stereocenters. The van der Waals surface area contributed by atoms with E-state index in [0.29, 0.717) is 17.8 Å². The first-order valence-electron chi connectivity index (χ1n) is 8.12. The van der Waals surface area contributed by atoms with Crippen LogP contribution >= 0.6 is 0 Å². The lowest BCUT2D eigenvalue weighted by molar-refractivity contribution is 0.0956. The van der Waals surface area contributed by atoms with E-state index in [1.165, 1.54) is 0 Å². The Kier molecular flexibility index (Phi) is 6.14. The lowest BCUT2D eigenvalue weighted by Gasteiger charge is -2.29. The third kappa shape index (κ3) is 4.81. The molecule has 0 aromatic heterocycles. The Morgan fingerprint density at radius 2 is 1.68 bits per heavy atom. The second kappa shape index (κ2) is 8.30. The number of benzene rings is 2. The van der Waals surface area contributed by atoms with Crippen molar-refractivity contribution < 1.29 is 14.7 Å². The molecule has 4 N–H and O–H groups in total. The number of rotatable bonds is 6. The van der Waals surface area contributed by atoms with Gasteiger partial charge in [-0.3, -0.25) is 4.79 Å². The molecule has 0 spiro atoms. The normalized spacial score (nSPS) is 12.8. The van der Waals surface area contributed by atoms with Crippen LogP contribution in [-0.4, -0.2) is 30.2 Å². The maximum absolute atomic E-state index is 12.3. The average molecular weight is 341 g/mol. The summed E-state index contributed by atoms with van der Waals surface area (Å²) in [5.74, 6) is -0.157. The van der Waals surface area contributed by atoms with Gasteiger partial charge in [-0.05, 0) is 43.7 Å². The predicted octanol–water partition coefficient (Wildman–Crippen LogP) is 2.47. The number of urea groups is 1. The molecule has 25 heavy (non-hydrogen) atoms. The third-order valence-corrected chi connectivity index (χ3v) is 3.86. The molecule has 0 saturated carbocycles. The van der Waals surface area contributed by atoms with Gasteiger partial charge in [0.25, 0.3) is 5.91 Å². The van der Waals surface area contributed by atoms with Crippen molar-refractivity contribution in [1.29, 1.82) is 0 Å². The molecule has 0 radical (unpaired) electrons. The van der Waals surface area contributed by atoms with Crippen molar-refractivity contribution in [2.45, 2.75) is 19.4 Å². The maximum atomic E-state index is 12.3. The lowest BCUT2D eigenvalue weighted by Crippen LogP contribution is -2.48. The third-order valence-electron chi connectivity index (χ3n) is 3.86. The molecular formula is C19H23N3O3. The van der Waals surface area contributed by atoms with Gasteiger partial charge >= 0.3 is 6.03 Å². The fourth-order valence-corrected chi connectivity index (χ4v) is 2.39. The Balaban J connectivity index is 2.03. The minimum Gasteiger partial charge on any atom is -0.394 e. The van der Waals surface area contributed by atoms with Gasteiger partial charge in [-0.15, -0.1) is 0 Å². The maximum Gasteiger partial charge on any atom is 0.320 e. The lowest BCUT2D eigenvalue weighted by atomic mass is 9.93. The number of amides is 3. The highest BCUT2D eigenvalue weighted by Crippen LogP contribution is 2.20. The molecule has 0 fully saturated rings. The smallest absolute Gasteiger partial charge is 0.320 e. The molecule has 1 atom stereocenters. The van der Waals surface area contributed by atoms with Crippen molar-refractivity contribution in [2.75, 3.05) is 18.5 Å². The number of hydrogen-bond acceptors (Lipinski definition) is 3. The first-order chi connectivity index (χ1) is 12.0. The van der Waals surface area contributed by atoms with E-state index in [-0.39, 0.29) is 12.5 Å². The summed E-state index contributed by atoms with van der Waals surface area (Å²) in [5.41, 5.74) is 0.988. The summed E-state index contributed by atoms with van der Waals surface area (Å²) in [6.07, 6.45) is 0. The zero-order valence-corrected chi connectivity index (χ0v) is 14.4. The molecule has 6 heteroatoms. The average Bonchev–Trinajstić information content (AvgIpc) is 2.63. The minimum absolute atomic E-state index is 0.157. The molecule has 132 valence electrons. The molecular weight excluding hydrogens is 318 g/mol. The van der Waals surface area contributed by atoms with E-state index in [2.05, 4.69) is 16.0 Å². The van der Waals surface area contributed by atoms with E-state index < -0.39 is 11.6 Å². The van der Waals surface area contributed by atoms with Crippen LogP contribution in [-0.2, 0) is 5.54 Å². The van der Waals surface area contributed by atoms with E-state index in [4.69, 9.17) is 0 Å². The van der Waals surface area contributed by atoms with Gasteiger partial charge in [-0.1, -0.05) is 30.3 Å². The summed E-state index contributed by atoms with van der Waals surface area (Å²) in [6.45, 7) is 3.92. The highest BCUT2D eigenvalue weighted by Gasteiger charge is 2.27. The van der Waals surface area contributed by atoms with Gasteiger partial charge in [-0.2, -0.15) is 0 Å². The first kappa shape index (κ1) is 18.5. The number of anilines is 1. The molecule has 2 rings (SSSR count). The zero-order chi connectivity index (χ0) is 18.3. The first-order valence-corrected chi connectivity index (χ1v) is 8.12. The number of hydrogen-bond donors (Lipinski definition) is 4. The largest absolute Gasteiger partial charge is 0.394 e. The second-order valence-electron chi connectivity index (χ2n) is 5.87. The van der Waals surface area contributed by atoms with Crippen LogP contribution in [0.15, 0.2) is 54.6 Å². The molecule has 2 aromatic carbocycles. The van der Waals surface area contributed by atoms with Crippen LogP contribution in [0.5, 0.6) is 0 Å². The highest BCUT2D eigenvalue weighted by molar-refractivity contribution is 5.95. The molecule has 0 saturated heterocycles. The topological polar surface area (TPSA) is 90.5 Å². The Bertz CT molecular complexity index is 716. The highest BCUT2D eigenvalue weighted by atomic mass is 16.3. The van der Waals surface area contributed by atoms with Gasteiger partial charge in [0.2, 0.25) is 0 Å². The van der Waals surface area contributed by atoms with Crippen molar-refractivity contribution >= 4 is 17.6 Å². The van der Waals surface area contributed by atoms with Gasteiger partial charge in [0.1, 0.15) is 0 Å². The molecule has 0 aliphatic heterocycles. The van der Waals surface area contributed by atoms with Crippen LogP contribution in [0.2, 0.25) is 0 Å². The summed E-state index contributed by atoms with van der Waals surface area (Å²) in [5, 5.41) is 17.9. The van der Waals surface area contributed by atoms with Gasteiger partial charge in [0.05, 0.1) is 12.1 Å². The summed E-state index contributed by atoms with van der Waals surface area (Å²) in [7, 11) is 0. The van der Waals surface area contributed by atoms with E-state index >= 15 is 0 Å². The fraction of sp³-hybridized carbons (Fsp3) is 0.263. The number of aliphatic hydroxyl groups is 1. The standard InChI is InChI=1S/C19H23N3O3/c1-3-20-17(24)14-9-11-16(12-10-14)21-18(25)22-19(2,13-23)15-7-5-4-6-8-15/h4-12,23H,3,13H2,1-2H3,(H,20,24)(H2,21,22,25)/t19-/m0/s1. The predicted molar refractivity (Wildman–Crippen MR) is 97.5 cm³/mol. The SMILES string of the molecule is CCNC(=O)c1ccc(NC(=O)N[C@@](C)(CO)c2ccccc2)cc1. The van der Waals surface area contributed by atoms with Gasteiger partial charge in [0.15, 0.2) is 0 Å². The van der Waals surface area contributed by atoms with Crippen molar-refractivity contribution in [2.24, 2.45) is 0 Å². The van der Waals surface area contributed by atoms with Gasteiger partial charge in [-0.25, -0.2) is 4.79 Å². The monoisotopic (exact) mass is 341 g/mol. The van der Waals surface area contributed by atoms with Crippen LogP contribution in [0.3, 0.4) is 0 Å². The molecule has 0 bridgehead atoms. The minimum atomic E-state index is -0.897. The van der Waals surface area contributed by atoms with Crippen molar-refractivity contribution in [3.05, 3.63) is 65.7 Å². The molecule has 6 nitrogen and oxygen atoms in total. The number of nitrogens with one attached hydrogen (secondary N) is 3. The number of carbonyl (C=O) groups excluding carboxylic acids is 2. The van der Waals surface area contributed by atoms with Crippen LogP contribution in [0.1, 0.15) is 29.8 Å². The molecule has 3 amide bonds. The van der Waals surface area contributed by atoms with Crippen molar-refractivity contribution in [3.8, 4) is 0 Å². The Morgan fingerprint density at radius 3 is 2.24 bits per heavy atom. The van der Waals surface area contributed by atoms with Crippen LogP contribution < -0.4 is 16.0 Å². The van der Waals surface area contributed by atoms with Crippen LogP contribution in [0, 0.1) is 0 Å². The Morgan fingerprint density at radius 1 is 1.04 bits per heavy atom. The fourth-order valence-electron chi connectivity index (χ4n) is 2.39.